The third-order valence-electron chi connectivity index (χ3n) is 0.932. The Morgan fingerprint density at radius 3 is 1.75 bits per heavy atom. The van der Waals surface area contributed by atoms with Gasteiger partial charge in [0.1, 0.15) is 0 Å². The van der Waals surface area contributed by atoms with E-state index in [0.717, 1.165) is 0 Å². The summed E-state index contributed by atoms with van der Waals surface area (Å²) in [6.07, 6.45) is 2.56. The Morgan fingerprint density at radius 1 is 1.12 bits per heavy atom. The maximum atomic E-state index is 6.03. The van der Waals surface area contributed by atoms with Gasteiger partial charge in [0, 0.05) is 0 Å². The second-order valence-electron chi connectivity index (χ2n) is 1.91. The molecule has 0 unspecified atom stereocenters. The van der Waals surface area contributed by atoms with Crippen LogP contribution in [-0.4, -0.2) is 13.7 Å². The molecule has 0 amide bonds. The van der Waals surface area contributed by atoms with Gasteiger partial charge >= 0.3 is 60.8 Å². The second kappa shape index (κ2) is 5.98. The van der Waals surface area contributed by atoms with Crippen molar-refractivity contribution in [3.05, 3.63) is 0 Å². The molecule has 0 N–H and O–H groups in total. The number of halogens is 1. The van der Waals surface area contributed by atoms with Gasteiger partial charge < -0.3 is 0 Å². The van der Waals surface area contributed by atoms with E-state index in [9.17, 15) is 0 Å². The average Bonchev–Trinajstić information content (AvgIpc) is 1.68. The van der Waals surface area contributed by atoms with E-state index in [2.05, 4.69) is 13.8 Å². The van der Waals surface area contributed by atoms with Crippen LogP contribution in [0, 0.1) is 0 Å². The molecule has 0 aromatic heterocycles. The van der Waals surface area contributed by atoms with Crippen molar-refractivity contribution in [2.45, 2.75) is 37.1 Å². The van der Waals surface area contributed by atoms with Crippen LogP contribution in [0.2, 0.25) is 10.4 Å². The van der Waals surface area contributed by atoms with E-state index in [1.54, 1.807) is 0 Å². The molecule has 0 aliphatic rings. The topological polar surface area (TPSA) is 0 Å². The predicted octanol–water partition coefficient (Wildman–Crippen LogP) is 3.04. The molecule has 0 saturated carbocycles. The summed E-state index contributed by atoms with van der Waals surface area (Å²) in [6, 6.07) is 0. The van der Waals surface area contributed by atoms with Crippen molar-refractivity contribution >= 4 is 23.7 Å². The van der Waals surface area contributed by atoms with Crippen LogP contribution in [0.3, 0.4) is 0 Å². The first-order valence-corrected chi connectivity index (χ1v) is 8.34. The van der Waals surface area contributed by atoms with E-state index in [0.29, 0.717) is 0 Å². The average molecular weight is 197 g/mol. The molecular weight excluding hydrogens is 182 g/mol. The monoisotopic (exact) mass is 196 g/mol. The molecule has 0 aliphatic heterocycles. The van der Waals surface area contributed by atoms with Crippen molar-refractivity contribution in [1.82, 2.24) is 0 Å². The summed E-state index contributed by atoms with van der Waals surface area (Å²) >= 11 is -0.788. The van der Waals surface area contributed by atoms with Crippen molar-refractivity contribution in [3.8, 4) is 0 Å². The van der Waals surface area contributed by atoms with Crippen molar-refractivity contribution in [2.24, 2.45) is 0 Å². The van der Waals surface area contributed by atoms with Crippen LogP contribution in [0.5, 0.6) is 0 Å². The van der Waals surface area contributed by atoms with Crippen LogP contribution < -0.4 is 0 Å². The quantitative estimate of drug-likeness (QED) is 0.607. The molecule has 50 valence electrons. The van der Waals surface area contributed by atoms with Crippen LogP contribution in [0.4, 0.5) is 0 Å². The summed E-state index contributed by atoms with van der Waals surface area (Å²) in [5.74, 6) is 0. The molecule has 0 atom stereocenters. The van der Waals surface area contributed by atoms with Gasteiger partial charge in [-0.1, -0.05) is 0 Å². The number of rotatable bonds is 4. The predicted molar refractivity (Wildman–Crippen MR) is 41.8 cm³/mol. The fourth-order valence-corrected chi connectivity index (χ4v) is 4.86. The molecule has 0 radical (unpaired) electrons. The van der Waals surface area contributed by atoms with E-state index in [-0.39, 0.29) is 0 Å². The van der Waals surface area contributed by atoms with Crippen LogP contribution in [0.1, 0.15) is 26.7 Å². The molecule has 0 nitrogen and oxygen atoms in total. The molecule has 0 fully saturated rings. The fourth-order valence-electron chi connectivity index (χ4n) is 0.597. The first-order chi connectivity index (χ1) is 3.81. The SMILES string of the molecule is CCC[As](Cl)CCC. The van der Waals surface area contributed by atoms with Gasteiger partial charge in [-0.25, -0.2) is 0 Å². The number of hydrogen-bond acceptors (Lipinski definition) is 0. The second-order valence-corrected chi connectivity index (χ2v) is 8.21. The van der Waals surface area contributed by atoms with E-state index < -0.39 is 13.7 Å². The van der Waals surface area contributed by atoms with Crippen LogP contribution >= 0.6 is 9.95 Å². The Labute approximate surface area is 61.0 Å². The van der Waals surface area contributed by atoms with Gasteiger partial charge in [0.15, 0.2) is 0 Å². The minimum absolute atomic E-state index is 0.788. The Bertz CT molecular complexity index is 41.8. The first-order valence-electron chi connectivity index (χ1n) is 3.22. The summed E-state index contributed by atoms with van der Waals surface area (Å²) in [7, 11) is 6.03. The molecule has 2 heteroatoms. The van der Waals surface area contributed by atoms with Crippen molar-refractivity contribution in [1.29, 1.82) is 0 Å². The standard InChI is InChI=1S/C6H14AsCl/c1-3-5-7(8)6-4-2/h3-6H2,1-2H3. The van der Waals surface area contributed by atoms with Gasteiger partial charge in [0.25, 0.3) is 0 Å². The van der Waals surface area contributed by atoms with Gasteiger partial charge in [-0.05, 0) is 0 Å². The zero-order valence-corrected chi connectivity index (χ0v) is 8.29. The summed E-state index contributed by atoms with van der Waals surface area (Å²) in [5.41, 5.74) is 0. The third-order valence-corrected chi connectivity index (χ3v) is 6.60. The van der Waals surface area contributed by atoms with E-state index in [1.807, 2.05) is 0 Å². The number of hydrogen-bond donors (Lipinski definition) is 0. The van der Waals surface area contributed by atoms with Crippen LogP contribution in [0.25, 0.3) is 0 Å². The molecule has 0 aliphatic carbocycles. The Morgan fingerprint density at radius 2 is 1.50 bits per heavy atom. The summed E-state index contributed by atoms with van der Waals surface area (Å²) in [4.78, 5) is 0. The van der Waals surface area contributed by atoms with Crippen molar-refractivity contribution in [2.75, 3.05) is 0 Å². The fraction of sp³-hybridized carbons (Fsp3) is 1.00. The molecule has 0 rings (SSSR count). The molecule has 0 heterocycles. The van der Waals surface area contributed by atoms with Gasteiger partial charge in [0.2, 0.25) is 0 Å². The van der Waals surface area contributed by atoms with Gasteiger partial charge in [-0.3, -0.25) is 0 Å². The molecule has 0 saturated heterocycles. The van der Waals surface area contributed by atoms with Gasteiger partial charge in [-0.2, -0.15) is 0 Å². The van der Waals surface area contributed by atoms with Crippen LogP contribution in [0.15, 0.2) is 0 Å². The van der Waals surface area contributed by atoms with Gasteiger partial charge in [0.05, 0.1) is 0 Å². The third kappa shape index (κ3) is 4.99. The van der Waals surface area contributed by atoms with E-state index >= 15 is 0 Å². The summed E-state index contributed by atoms with van der Waals surface area (Å²) < 4.78 is 0. The zero-order chi connectivity index (χ0) is 6.41. The summed E-state index contributed by atoms with van der Waals surface area (Å²) in [6.45, 7) is 4.42. The normalized spacial score (nSPS) is 10.5. The van der Waals surface area contributed by atoms with Gasteiger partial charge in [-0.15, -0.1) is 0 Å². The molecule has 0 aromatic rings. The molecule has 0 aromatic carbocycles. The zero-order valence-electron chi connectivity index (χ0n) is 5.65. The molecule has 8 heavy (non-hydrogen) atoms. The molecule has 0 bridgehead atoms. The van der Waals surface area contributed by atoms with E-state index in [4.69, 9.17) is 9.95 Å². The van der Waals surface area contributed by atoms with Crippen LogP contribution in [-0.2, 0) is 0 Å². The molecule has 0 spiro atoms. The Balaban J connectivity index is 2.92. The Kier molecular flexibility index (Phi) is 6.61. The van der Waals surface area contributed by atoms with Crippen molar-refractivity contribution < 1.29 is 0 Å². The first kappa shape index (κ1) is 8.85. The van der Waals surface area contributed by atoms with E-state index in [1.165, 1.54) is 23.3 Å². The summed E-state index contributed by atoms with van der Waals surface area (Å²) in [5, 5.41) is 2.64. The van der Waals surface area contributed by atoms with Crippen molar-refractivity contribution in [3.63, 3.8) is 0 Å². The Hall–Kier alpha value is 0.848. The maximum absolute atomic E-state index is 6.03. The minimum atomic E-state index is -0.788. The molecular formula is C6H14AsCl.